The first-order valence-corrected chi connectivity index (χ1v) is 8.72. The third kappa shape index (κ3) is 2.96. The maximum absolute atomic E-state index is 11.3. The normalized spacial score (nSPS) is 20.1. The predicted molar refractivity (Wildman–Crippen MR) is 90.9 cm³/mol. The molecule has 2 aliphatic rings. The molecule has 2 aromatic rings. The van der Waals surface area contributed by atoms with Crippen molar-refractivity contribution in [2.45, 2.75) is 25.7 Å². The van der Waals surface area contributed by atoms with Crippen molar-refractivity contribution in [3.63, 3.8) is 0 Å². The molecule has 2 fully saturated rings. The number of rotatable bonds is 4. The number of furan rings is 1. The third-order valence-corrected chi connectivity index (χ3v) is 5.16. The summed E-state index contributed by atoms with van der Waals surface area (Å²) in [7, 11) is 0. The second kappa shape index (κ2) is 6.39. The summed E-state index contributed by atoms with van der Waals surface area (Å²) in [6.07, 6.45) is 6.53. The van der Waals surface area contributed by atoms with E-state index >= 15 is 0 Å². The lowest BCUT2D eigenvalue weighted by atomic mass is 9.96. The Balaban J connectivity index is 1.47. The topological polar surface area (TPSA) is 88.5 Å². The van der Waals surface area contributed by atoms with Gasteiger partial charge in [0.2, 0.25) is 0 Å². The molecule has 2 aromatic heterocycles. The van der Waals surface area contributed by atoms with Crippen LogP contribution in [0.4, 0.5) is 5.82 Å². The summed E-state index contributed by atoms with van der Waals surface area (Å²) in [5, 5.41) is 0. The molecule has 0 aliphatic carbocycles. The van der Waals surface area contributed by atoms with E-state index in [-0.39, 0.29) is 5.76 Å². The van der Waals surface area contributed by atoms with Crippen molar-refractivity contribution in [1.82, 2.24) is 14.9 Å². The molecule has 0 unspecified atom stereocenters. The van der Waals surface area contributed by atoms with E-state index in [9.17, 15) is 4.79 Å². The van der Waals surface area contributed by atoms with Gasteiger partial charge in [-0.25, -0.2) is 9.97 Å². The molecule has 0 radical (unpaired) electrons. The van der Waals surface area contributed by atoms with Gasteiger partial charge in [0.05, 0.1) is 0 Å². The average molecular weight is 329 g/mol. The zero-order valence-corrected chi connectivity index (χ0v) is 13.8. The monoisotopic (exact) mass is 329 g/mol. The van der Waals surface area contributed by atoms with Crippen LogP contribution in [-0.4, -0.2) is 53.5 Å². The molecule has 7 nitrogen and oxygen atoms in total. The Hall–Kier alpha value is -2.15. The minimum Gasteiger partial charge on any atom is -0.445 e. The first-order valence-electron chi connectivity index (χ1n) is 8.72. The summed E-state index contributed by atoms with van der Waals surface area (Å²) >= 11 is 0. The first-order chi connectivity index (χ1) is 11.7. The Morgan fingerprint density at radius 2 is 1.96 bits per heavy atom. The number of fused-ring (bicyclic) bond motifs is 1. The molecule has 0 atom stereocenters. The van der Waals surface area contributed by atoms with Gasteiger partial charge >= 0.3 is 0 Å². The van der Waals surface area contributed by atoms with Crippen LogP contribution in [0.3, 0.4) is 0 Å². The lowest BCUT2D eigenvalue weighted by molar-refractivity contribution is 0.0976. The van der Waals surface area contributed by atoms with Gasteiger partial charge < -0.3 is 20.0 Å². The van der Waals surface area contributed by atoms with E-state index in [4.69, 9.17) is 10.2 Å². The Morgan fingerprint density at radius 3 is 2.67 bits per heavy atom. The standard InChI is InChI=1S/C17H23N5O2/c18-16(23)14-9-13-15(24-14)17(20-11-19-13)22-7-3-12(4-8-22)10-21-5-1-2-6-21/h9,11-12H,1-8,10H2,(H2,18,23). The molecule has 4 heterocycles. The number of hydrogen-bond acceptors (Lipinski definition) is 6. The molecular formula is C17H23N5O2. The zero-order chi connectivity index (χ0) is 16.5. The highest BCUT2D eigenvalue weighted by Crippen LogP contribution is 2.29. The summed E-state index contributed by atoms with van der Waals surface area (Å²) in [4.78, 5) is 24.7. The van der Waals surface area contributed by atoms with Gasteiger partial charge in [0, 0.05) is 25.7 Å². The molecule has 7 heteroatoms. The quantitative estimate of drug-likeness (QED) is 0.917. The summed E-state index contributed by atoms with van der Waals surface area (Å²) in [5.41, 5.74) is 6.49. The van der Waals surface area contributed by atoms with Crippen LogP contribution >= 0.6 is 0 Å². The van der Waals surface area contributed by atoms with Crippen LogP contribution < -0.4 is 10.6 Å². The van der Waals surface area contributed by atoms with E-state index in [2.05, 4.69) is 19.8 Å². The predicted octanol–water partition coefficient (Wildman–Crippen LogP) is 1.63. The fraction of sp³-hybridized carbons (Fsp3) is 0.588. The van der Waals surface area contributed by atoms with Crippen molar-refractivity contribution in [3.05, 3.63) is 18.2 Å². The van der Waals surface area contributed by atoms with Crippen LogP contribution in [0.1, 0.15) is 36.2 Å². The van der Waals surface area contributed by atoms with Crippen LogP contribution in [0.15, 0.2) is 16.8 Å². The number of amides is 1. The number of nitrogens with two attached hydrogens (primary N) is 1. The van der Waals surface area contributed by atoms with Crippen LogP contribution in [0.2, 0.25) is 0 Å². The Labute approximate surface area is 140 Å². The zero-order valence-electron chi connectivity index (χ0n) is 13.8. The maximum atomic E-state index is 11.3. The Kier molecular flexibility index (Phi) is 4.10. The molecule has 128 valence electrons. The van der Waals surface area contributed by atoms with E-state index in [1.807, 2.05) is 0 Å². The number of carbonyl (C=O) groups excluding carboxylic acids is 1. The Morgan fingerprint density at radius 1 is 1.21 bits per heavy atom. The highest BCUT2D eigenvalue weighted by molar-refractivity contribution is 5.96. The molecule has 24 heavy (non-hydrogen) atoms. The van der Waals surface area contributed by atoms with E-state index in [0.717, 1.165) is 37.7 Å². The van der Waals surface area contributed by atoms with Gasteiger partial charge in [-0.15, -0.1) is 0 Å². The molecule has 4 rings (SSSR count). The van der Waals surface area contributed by atoms with Crippen molar-refractivity contribution < 1.29 is 9.21 Å². The van der Waals surface area contributed by atoms with Crippen molar-refractivity contribution in [2.24, 2.45) is 11.7 Å². The van der Waals surface area contributed by atoms with Crippen molar-refractivity contribution in [1.29, 1.82) is 0 Å². The van der Waals surface area contributed by atoms with Crippen LogP contribution in [0, 0.1) is 5.92 Å². The van der Waals surface area contributed by atoms with Gasteiger partial charge in [0.1, 0.15) is 11.8 Å². The fourth-order valence-corrected chi connectivity index (χ4v) is 3.85. The summed E-state index contributed by atoms with van der Waals surface area (Å²) in [6, 6.07) is 1.59. The highest BCUT2D eigenvalue weighted by Gasteiger charge is 2.25. The van der Waals surface area contributed by atoms with Crippen molar-refractivity contribution in [3.8, 4) is 0 Å². The minimum absolute atomic E-state index is 0.135. The van der Waals surface area contributed by atoms with Crippen LogP contribution in [0.5, 0.6) is 0 Å². The van der Waals surface area contributed by atoms with E-state index in [1.54, 1.807) is 6.07 Å². The minimum atomic E-state index is -0.580. The SMILES string of the molecule is NC(=O)c1cc2ncnc(N3CCC(CN4CCCC4)CC3)c2o1. The summed E-state index contributed by atoms with van der Waals surface area (Å²) in [5.74, 6) is 1.08. The largest absolute Gasteiger partial charge is 0.445 e. The van der Waals surface area contributed by atoms with Crippen LogP contribution in [-0.2, 0) is 0 Å². The number of likely N-dealkylation sites (tertiary alicyclic amines) is 1. The number of carbonyl (C=O) groups is 1. The lowest BCUT2D eigenvalue weighted by Gasteiger charge is -2.34. The number of nitrogens with zero attached hydrogens (tertiary/aromatic N) is 4. The van der Waals surface area contributed by atoms with E-state index in [0.29, 0.717) is 11.1 Å². The number of aromatic nitrogens is 2. The van der Waals surface area contributed by atoms with Gasteiger partial charge in [-0.2, -0.15) is 0 Å². The molecule has 1 amide bonds. The second-order valence-electron chi connectivity index (χ2n) is 6.82. The third-order valence-electron chi connectivity index (χ3n) is 5.16. The molecular weight excluding hydrogens is 306 g/mol. The number of piperidine rings is 1. The Bertz CT molecular complexity index is 730. The molecule has 0 spiro atoms. The maximum Gasteiger partial charge on any atom is 0.284 e. The van der Waals surface area contributed by atoms with Gasteiger partial charge in [-0.1, -0.05) is 0 Å². The van der Waals surface area contributed by atoms with Gasteiger partial charge in [0.25, 0.3) is 5.91 Å². The van der Waals surface area contributed by atoms with E-state index in [1.165, 1.54) is 38.8 Å². The highest BCUT2D eigenvalue weighted by atomic mass is 16.3. The number of primary amides is 1. The van der Waals surface area contributed by atoms with Gasteiger partial charge in [-0.3, -0.25) is 4.79 Å². The second-order valence-corrected chi connectivity index (χ2v) is 6.82. The van der Waals surface area contributed by atoms with Gasteiger partial charge in [0.15, 0.2) is 17.2 Å². The smallest absolute Gasteiger partial charge is 0.284 e. The first kappa shape index (κ1) is 15.4. The molecule has 0 aromatic carbocycles. The molecule has 2 N–H and O–H groups in total. The average Bonchev–Trinajstić information content (AvgIpc) is 3.24. The summed E-state index contributed by atoms with van der Waals surface area (Å²) < 4.78 is 5.60. The number of hydrogen-bond donors (Lipinski definition) is 1. The van der Waals surface area contributed by atoms with Gasteiger partial charge in [-0.05, 0) is 44.7 Å². The van der Waals surface area contributed by atoms with Crippen LogP contribution in [0.25, 0.3) is 11.1 Å². The van der Waals surface area contributed by atoms with E-state index < -0.39 is 5.91 Å². The number of anilines is 1. The van der Waals surface area contributed by atoms with Crippen molar-refractivity contribution in [2.75, 3.05) is 37.6 Å². The fourth-order valence-electron chi connectivity index (χ4n) is 3.85. The molecule has 0 bridgehead atoms. The molecule has 2 aliphatic heterocycles. The molecule has 0 saturated carbocycles. The van der Waals surface area contributed by atoms with Crippen molar-refractivity contribution >= 4 is 22.8 Å². The summed E-state index contributed by atoms with van der Waals surface area (Å²) in [6.45, 7) is 5.65. The molecule has 2 saturated heterocycles. The lowest BCUT2D eigenvalue weighted by Crippen LogP contribution is -2.38.